The van der Waals surface area contributed by atoms with Gasteiger partial charge in [-0.15, -0.1) is 0 Å². The van der Waals surface area contributed by atoms with Crippen LogP contribution in [0.5, 0.6) is 0 Å². The predicted octanol–water partition coefficient (Wildman–Crippen LogP) is 2.58. The lowest BCUT2D eigenvalue weighted by atomic mass is 10.2. The molecular weight excluding hydrogens is 338 g/mol. The quantitative estimate of drug-likeness (QED) is 0.854. The zero-order valence-corrected chi connectivity index (χ0v) is 14.7. The van der Waals surface area contributed by atoms with Gasteiger partial charge >= 0.3 is 0 Å². The lowest BCUT2D eigenvalue weighted by molar-refractivity contribution is -0.111. The van der Waals surface area contributed by atoms with Crippen molar-refractivity contribution in [3.05, 3.63) is 52.5 Å². The van der Waals surface area contributed by atoms with Crippen molar-refractivity contribution in [2.45, 2.75) is 6.92 Å². The molecule has 0 spiro atoms. The first kappa shape index (κ1) is 17.3. The van der Waals surface area contributed by atoms with Crippen LogP contribution in [0.25, 0.3) is 6.08 Å². The number of aromatic nitrogens is 1. The maximum atomic E-state index is 12.5. The van der Waals surface area contributed by atoms with Crippen molar-refractivity contribution >= 4 is 34.4 Å². The lowest BCUT2D eigenvalue weighted by Crippen LogP contribution is -2.40. The third-order valence-electron chi connectivity index (χ3n) is 3.75. The number of rotatable bonds is 4. The normalized spacial score (nSPS) is 14.7. The van der Waals surface area contributed by atoms with E-state index in [2.05, 4.69) is 10.3 Å². The van der Waals surface area contributed by atoms with E-state index in [9.17, 15) is 9.59 Å². The van der Waals surface area contributed by atoms with Crippen LogP contribution in [0.3, 0.4) is 0 Å². The van der Waals surface area contributed by atoms with Gasteiger partial charge in [0.2, 0.25) is 5.91 Å². The fourth-order valence-electron chi connectivity index (χ4n) is 2.44. The number of morpholine rings is 1. The molecule has 3 rings (SSSR count). The van der Waals surface area contributed by atoms with Crippen molar-refractivity contribution in [2.24, 2.45) is 0 Å². The number of nitrogens with one attached hydrogen (secondary N) is 1. The summed E-state index contributed by atoms with van der Waals surface area (Å²) >= 11 is 1.20. The molecule has 25 heavy (non-hydrogen) atoms. The summed E-state index contributed by atoms with van der Waals surface area (Å²) in [6.45, 7) is 4.05. The molecule has 0 radical (unpaired) electrons. The van der Waals surface area contributed by atoms with Crippen molar-refractivity contribution < 1.29 is 14.3 Å². The first-order valence-corrected chi connectivity index (χ1v) is 8.83. The van der Waals surface area contributed by atoms with Crippen LogP contribution in [0, 0.1) is 6.92 Å². The van der Waals surface area contributed by atoms with Gasteiger partial charge in [0.15, 0.2) is 5.13 Å². The Hall–Kier alpha value is -2.51. The summed E-state index contributed by atoms with van der Waals surface area (Å²) in [5.74, 6) is -0.332. The summed E-state index contributed by atoms with van der Waals surface area (Å²) in [5.41, 5.74) is 1.57. The van der Waals surface area contributed by atoms with Gasteiger partial charge in [0, 0.05) is 19.2 Å². The van der Waals surface area contributed by atoms with Gasteiger partial charge in [0.25, 0.3) is 5.91 Å². The Balaban J connectivity index is 1.64. The fraction of sp³-hybridized carbons (Fsp3) is 0.278. The van der Waals surface area contributed by atoms with E-state index in [1.807, 2.05) is 30.3 Å². The summed E-state index contributed by atoms with van der Waals surface area (Å²) < 4.78 is 5.27. The van der Waals surface area contributed by atoms with E-state index in [1.54, 1.807) is 17.9 Å². The van der Waals surface area contributed by atoms with Crippen molar-refractivity contribution in [2.75, 3.05) is 31.6 Å². The Morgan fingerprint density at radius 2 is 1.96 bits per heavy atom. The number of nitrogens with zero attached hydrogens (tertiary/aromatic N) is 2. The predicted molar refractivity (Wildman–Crippen MR) is 97.7 cm³/mol. The molecule has 0 aliphatic carbocycles. The standard InChI is InChI=1S/C18H19N3O3S/c1-13-16(17(23)21-9-11-24-12-10-21)25-18(19-13)20-15(22)8-7-14-5-3-2-4-6-14/h2-8H,9-12H2,1H3,(H,19,20,22). The molecule has 2 heterocycles. The highest BCUT2D eigenvalue weighted by Gasteiger charge is 2.23. The molecule has 0 saturated carbocycles. The van der Waals surface area contributed by atoms with E-state index in [1.165, 1.54) is 17.4 Å². The molecule has 7 heteroatoms. The molecule has 1 fully saturated rings. The minimum atomic E-state index is -0.275. The Kier molecular flexibility index (Phi) is 5.57. The molecule has 2 amide bonds. The van der Waals surface area contributed by atoms with Crippen molar-refractivity contribution in [3.63, 3.8) is 0 Å². The molecule has 1 aromatic heterocycles. The van der Waals surface area contributed by atoms with Gasteiger partial charge in [0.1, 0.15) is 4.88 Å². The molecule has 0 atom stereocenters. The van der Waals surface area contributed by atoms with Gasteiger partial charge in [0.05, 0.1) is 18.9 Å². The van der Waals surface area contributed by atoms with Crippen LogP contribution in [0.1, 0.15) is 20.9 Å². The Morgan fingerprint density at radius 3 is 2.68 bits per heavy atom. The molecule has 6 nitrogen and oxygen atoms in total. The van der Waals surface area contributed by atoms with Gasteiger partial charge in [-0.05, 0) is 18.6 Å². The fourth-order valence-corrected chi connectivity index (χ4v) is 3.38. The number of aryl methyl sites for hydroxylation is 1. The number of hydrogen-bond acceptors (Lipinski definition) is 5. The lowest BCUT2D eigenvalue weighted by Gasteiger charge is -2.26. The number of carbonyl (C=O) groups is 2. The van der Waals surface area contributed by atoms with Crippen LogP contribution in [-0.4, -0.2) is 48.0 Å². The number of benzene rings is 1. The molecule has 1 saturated heterocycles. The highest BCUT2D eigenvalue weighted by molar-refractivity contribution is 7.17. The van der Waals surface area contributed by atoms with Crippen LogP contribution in [-0.2, 0) is 9.53 Å². The minimum absolute atomic E-state index is 0.0568. The third-order valence-corrected chi connectivity index (χ3v) is 4.81. The zero-order chi connectivity index (χ0) is 17.6. The Morgan fingerprint density at radius 1 is 1.24 bits per heavy atom. The maximum absolute atomic E-state index is 12.5. The molecule has 0 unspecified atom stereocenters. The molecule has 2 aromatic rings. The molecule has 1 N–H and O–H groups in total. The van der Waals surface area contributed by atoms with Gasteiger partial charge in [-0.25, -0.2) is 4.98 Å². The summed E-state index contributed by atoms with van der Waals surface area (Å²) in [6, 6.07) is 9.56. The second kappa shape index (κ2) is 8.04. The number of thiazole rings is 1. The van der Waals surface area contributed by atoms with E-state index in [0.29, 0.717) is 42.0 Å². The van der Waals surface area contributed by atoms with E-state index in [-0.39, 0.29) is 11.8 Å². The van der Waals surface area contributed by atoms with Crippen LogP contribution in [0.4, 0.5) is 5.13 Å². The summed E-state index contributed by atoms with van der Waals surface area (Å²) in [6.07, 6.45) is 3.19. The monoisotopic (exact) mass is 357 g/mol. The highest BCUT2D eigenvalue weighted by atomic mass is 32.1. The second-order valence-electron chi connectivity index (χ2n) is 5.57. The minimum Gasteiger partial charge on any atom is -0.378 e. The SMILES string of the molecule is Cc1nc(NC(=O)C=Cc2ccccc2)sc1C(=O)N1CCOCC1. The van der Waals surface area contributed by atoms with Gasteiger partial charge in [-0.2, -0.15) is 0 Å². The average Bonchev–Trinajstić information content (AvgIpc) is 3.01. The smallest absolute Gasteiger partial charge is 0.266 e. The van der Waals surface area contributed by atoms with E-state index in [4.69, 9.17) is 4.74 Å². The summed E-state index contributed by atoms with van der Waals surface area (Å²) in [5, 5.41) is 3.15. The second-order valence-corrected chi connectivity index (χ2v) is 6.57. The molecule has 1 aliphatic heterocycles. The van der Waals surface area contributed by atoms with Gasteiger partial charge in [-0.1, -0.05) is 41.7 Å². The van der Waals surface area contributed by atoms with Gasteiger partial charge in [-0.3, -0.25) is 14.9 Å². The van der Waals surface area contributed by atoms with Gasteiger partial charge < -0.3 is 9.64 Å². The zero-order valence-electron chi connectivity index (χ0n) is 13.9. The Labute approximate surface area is 150 Å². The van der Waals surface area contributed by atoms with Crippen molar-refractivity contribution in [1.82, 2.24) is 9.88 Å². The topological polar surface area (TPSA) is 71.5 Å². The Bertz CT molecular complexity index is 780. The number of anilines is 1. The van der Waals surface area contributed by atoms with Crippen molar-refractivity contribution in [1.29, 1.82) is 0 Å². The molecule has 1 aromatic carbocycles. The molecule has 0 bridgehead atoms. The number of carbonyl (C=O) groups excluding carboxylic acids is 2. The first-order valence-electron chi connectivity index (χ1n) is 8.02. The summed E-state index contributed by atoms with van der Waals surface area (Å²) in [4.78, 5) is 31.2. The van der Waals surface area contributed by atoms with E-state index < -0.39 is 0 Å². The maximum Gasteiger partial charge on any atom is 0.266 e. The van der Waals surface area contributed by atoms with E-state index in [0.717, 1.165) is 5.56 Å². The molecular formula is C18H19N3O3S. The molecule has 130 valence electrons. The van der Waals surface area contributed by atoms with E-state index >= 15 is 0 Å². The van der Waals surface area contributed by atoms with Crippen molar-refractivity contribution in [3.8, 4) is 0 Å². The van der Waals surface area contributed by atoms with Crippen LogP contribution in [0.15, 0.2) is 36.4 Å². The van der Waals surface area contributed by atoms with Crippen LogP contribution >= 0.6 is 11.3 Å². The van der Waals surface area contributed by atoms with Crippen LogP contribution < -0.4 is 5.32 Å². The largest absolute Gasteiger partial charge is 0.378 e. The summed E-state index contributed by atoms with van der Waals surface area (Å²) in [7, 11) is 0. The number of amides is 2. The number of ether oxygens (including phenoxy) is 1. The average molecular weight is 357 g/mol. The molecule has 1 aliphatic rings. The third kappa shape index (κ3) is 4.52. The number of hydrogen-bond donors (Lipinski definition) is 1. The van der Waals surface area contributed by atoms with Crippen LogP contribution in [0.2, 0.25) is 0 Å². The highest BCUT2D eigenvalue weighted by Crippen LogP contribution is 2.24. The first-order chi connectivity index (χ1) is 12.1.